The van der Waals surface area contributed by atoms with Crippen molar-refractivity contribution >= 4 is 17.2 Å². The number of aromatic nitrogens is 2. The first kappa shape index (κ1) is 18.7. The van der Waals surface area contributed by atoms with Crippen LogP contribution in [0.2, 0.25) is 0 Å². The molecule has 0 amide bonds. The molecule has 7 heteroatoms. The monoisotopic (exact) mass is 381 g/mol. The molecule has 1 unspecified atom stereocenters. The quantitative estimate of drug-likeness (QED) is 0.590. The van der Waals surface area contributed by atoms with E-state index in [0.717, 1.165) is 50.3 Å². The number of anilines is 2. The van der Waals surface area contributed by atoms with Crippen molar-refractivity contribution in [1.82, 2.24) is 9.97 Å². The second-order valence-electron chi connectivity index (χ2n) is 7.88. The van der Waals surface area contributed by atoms with Crippen LogP contribution >= 0.6 is 0 Å². The fraction of sp³-hybridized carbons (Fsp3) is 0.476. The molecule has 0 bridgehead atoms. The Hall–Kier alpha value is -2.67. The standard InChI is InChI=1S/C21H27N5O2/c1-21(7-8-21)28-14-5-6-17(22)16(10-14)20(23)18-11-19(25-13-24-18)26-9-3-4-15(12-26)27-2/h5-6,10-11,13,15,23H,3-4,7-9,12,22H2,1-2H3. The van der Waals surface area contributed by atoms with Crippen LogP contribution in [0.4, 0.5) is 11.5 Å². The number of nitrogens with zero attached hydrogens (tertiary/aromatic N) is 3. The Morgan fingerprint density at radius 2 is 2.11 bits per heavy atom. The highest BCUT2D eigenvalue weighted by Gasteiger charge is 2.40. The van der Waals surface area contributed by atoms with Gasteiger partial charge in [0.15, 0.2) is 0 Å². The molecule has 1 aliphatic heterocycles. The first-order valence-corrected chi connectivity index (χ1v) is 9.75. The van der Waals surface area contributed by atoms with Crippen molar-refractivity contribution in [2.75, 3.05) is 30.8 Å². The summed E-state index contributed by atoms with van der Waals surface area (Å²) < 4.78 is 11.5. The van der Waals surface area contributed by atoms with Crippen molar-refractivity contribution < 1.29 is 9.47 Å². The fourth-order valence-corrected chi connectivity index (χ4v) is 3.51. The third-order valence-corrected chi connectivity index (χ3v) is 5.56. The molecule has 1 aliphatic carbocycles. The second kappa shape index (κ2) is 7.39. The molecule has 1 aromatic carbocycles. The Labute approximate surface area is 165 Å². The highest BCUT2D eigenvalue weighted by molar-refractivity contribution is 6.13. The van der Waals surface area contributed by atoms with Crippen molar-refractivity contribution in [3.63, 3.8) is 0 Å². The van der Waals surface area contributed by atoms with Crippen LogP contribution in [0, 0.1) is 5.41 Å². The van der Waals surface area contributed by atoms with Crippen molar-refractivity contribution in [1.29, 1.82) is 5.41 Å². The minimum absolute atomic E-state index is 0.0795. The average Bonchev–Trinajstić information content (AvgIpc) is 3.45. The first-order chi connectivity index (χ1) is 13.5. The number of hydrogen-bond donors (Lipinski definition) is 2. The molecular weight excluding hydrogens is 354 g/mol. The molecule has 0 spiro atoms. The fourth-order valence-electron chi connectivity index (χ4n) is 3.51. The minimum Gasteiger partial charge on any atom is -0.488 e. The summed E-state index contributed by atoms with van der Waals surface area (Å²) in [4.78, 5) is 10.9. The zero-order valence-corrected chi connectivity index (χ0v) is 16.4. The number of benzene rings is 1. The summed E-state index contributed by atoms with van der Waals surface area (Å²) in [7, 11) is 1.75. The highest BCUT2D eigenvalue weighted by atomic mass is 16.5. The van der Waals surface area contributed by atoms with Gasteiger partial charge in [0.25, 0.3) is 0 Å². The molecule has 2 fully saturated rings. The molecular formula is C21H27N5O2. The lowest BCUT2D eigenvalue weighted by Crippen LogP contribution is -2.39. The smallest absolute Gasteiger partial charge is 0.132 e. The van der Waals surface area contributed by atoms with Gasteiger partial charge in [-0.2, -0.15) is 0 Å². The van der Waals surface area contributed by atoms with E-state index in [-0.39, 0.29) is 17.4 Å². The Kier molecular flexibility index (Phi) is 4.93. The van der Waals surface area contributed by atoms with Crippen molar-refractivity contribution in [2.45, 2.75) is 44.3 Å². The van der Waals surface area contributed by atoms with Gasteiger partial charge in [-0.3, -0.25) is 5.41 Å². The topological polar surface area (TPSA) is 97.3 Å². The van der Waals surface area contributed by atoms with Crippen LogP contribution in [-0.2, 0) is 4.74 Å². The summed E-state index contributed by atoms with van der Waals surface area (Å²) in [6.07, 6.45) is 5.94. The molecule has 1 saturated heterocycles. The van der Waals surface area contributed by atoms with Gasteiger partial charge in [0.2, 0.25) is 0 Å². The molecule has 0 radical (unpaired) electrons. The number of piperidine rings is 1. The van der Waals surface area contributed by atoms with Gasteiger partial charge < -0.3 is 20.1 Å². The Morgan fingerprint density at radius 3 is 2.86 bits per heavy atom. The SMILES string of the molecule is COC1CCCN(c2cc(C(=N)c3cc(OC4(C)CC4)ccc3N)ncn2)C1. The van der Waals surface area contributed by atoms with E-state index in [1.165, 1.54) is 6.33 Å². The van der Waals surface area contributed by atoms with Crippen LogP contribution in [-0.4, -0.2) is 47.6 Å². The van der Waals surface area contributed by atoms with Gasteiger partial charge in [-0.05, 0) is 50.8 Å². The van der Waals surface area contributed by atoms with Crippen molar-refractivity contribution in [3.8, 4) is 5.75 Å². The highest BCUT2D eigenvalue weighted by Crippen LogP contribution is 2.40. The Balaban J connectivity index is 1.57. The first-order valence-electron chi connectivity index (χ1n) is 9.75. The van der Waals surface area contributed by atoms with Gasteiger partial charge in [-0.25, -0.2) is 9.97 Å². The van der Waals surface area contributed by atoms with Crippen LogP contribution < -0.4 is 15.4 Å². The lowest BCUT2D eigenvalue weighted by Gasteiger charge is -2.32. The van der Waals surface area contributed by atoms with Crippen LogP contribution in [0.15, 0.2) is 30.6 Å². The van der Waals surface area contributed by atoms with Gasteiger partial charge in [-0.15, -0.1) is 0 Å². The van der Waals surface area contributed by atoms with Gasteiger partial charge in [0.05, 0.1) is 17.5 Å². The molecule has 3 N–H and O–H groups in total. The Morgan fingerprint density at radius 1 is 1.29 bits per heavy atom. The molecule has 1 aromatic heterocycles. The average molecular weight is 381 g/mol. The molecule has 28 heavy (non-hydrogen) atoms. The predicted molar refractivity (Wildman–Crippen MR) is 109 cm³/mol. The van der Waals surface area contributed by atoms with Crippen LogP contribution in [0.1, 0.15) is 43.9 Å². The zero-order valence-electron chi connectivity index (χ0n) is 16.4. The summed E-state index contributed by atoms with van der Waals surface area (Å²) in [5.41, 5.74) is 8.06. The number of nitrogen functional groups attached to an aromatic ring is 1. The van der Waals surface area contributed by atoms with Crippen LogP contribution in [0.25, 0.3) is 0 Å². The van der Waals surface area contributed by atoms with E-state index >= 15 is 0 Å². The van der Waals surface area contributed by atoms with Crippen molar-refractivity contribution in [3.05, 3.63) is 41.9 Å². The summed E-state index contributed by atoms with van der Waals surface area (Å²) in [6, 6.07) is 7.35. The molecule has 1 saturated carbocycles. The summed E-state index contributed by atoms with van der Waals surface area (Å²) in [5, 5.41) is 8.67. The summed E-state index contributed by atoms with van der Waals surface area (Å²) in [5.74, 6) is 1.55. The van der Waals surface area contributed by atoms with Gasteiger partial charge in [0, 0.05) is 37.5 Å². The number of hydrogen-bond acceptors (Lipinski definition) is 7. The molecule has 148 valence electrons. The van der Waals surface area contributed by atoms with E-state index in [9.17, 15) is 0 Å². The lowest BCUT2D eigenvalue weighted by atomic mass is 10.0. The van der Waals surface area contributed by atoms with Crippen molar-refractivity contribution in [2.24, 2.45) is 0 Å². The van der Waals surface area contributed by atoms with E-state index in [2.05, 4.69) is 21.8 Å². The predicted octanol–water partition coefficient (Wildman–Crippen LogP) is 3.02. The van der Waals surface area contributed by atoms with Gasteiger partial charge in [0.1, 0.15) is 23.5 Å². The maximum absolute atomic E-state index is 8.67. The van der Waals surface area contributed by atoms with E-state index < -0.39 is 0 Å². The van der Waals surface area contributed by atoms with Crippen LogP contribution in [0.3, 0.4) is 0 Å². The zero-order chi connectivity index (χ0) is 19.7. The number of rotatable bonds is 6. The van der Waals surface area contributed by atoms with Gasteiger partial charge >= 0.3 is 0 Å². The number of methoxy groups -OCH3 is 1. The molecule has 7 nitrogen and oxygen atoms in total. The van der Waals surface area contributed by atoms with E-state index in [1.807, 2.05) is 18.2 Å². The Bertz CT molecular complexity index is 881. The lowest BCUT2D eigenvalue weighted by molar-refractivity contribution is 0.0891. The number of nitrogens with one attached hydrogen (secondary N) is 1. The maximum Gasteiger partial charge on any atom is 0.132 e. The maximum atomic E-state index is 8.67. The molecule has 4 rings (SSSR count). The van der Waals surface area contributed by atoms with Crippen LogP contribution in [0.5, 0.6) is 5.75 Å². The number of nitrogens with two attached hydrogens (primary N) is 1. The second-order valence-corrected chi connectivity index (χ2v) is 7.88. The normalized spacial score (nSPS) is 20.6. The third kappa shape index (κ3) is 3.94. The van der Waals surface area contributed by atoms with E-state index in [1.54, 1.807) is 13.2 Å². The third-order valence-electron chi connectivity index (χ3n) is 5.56. The summed E-state index contributed by atoms with van der Waals surface area (Å²) >= 11 is 0. The largest absolute Gasteiger partial charge is 0.488 e. The molecule has 2 aromatic rings. The van der Waals surface area contributed by atoms with E-state index in [4.69, 9.17) is 20.6 Å². The molecule has 2 heterocycles. The number of ether oxygens (including phenoxy) is 2. The van der Waals surface area contributed by atoms with E-state index in [0.29, 0.717) is 16.9 Å². The molecule has 1 atom stereocenters. The molecule has 2 aliphatic rings. The minimum atomic E-state index is -0.0795. The summed E-state index contributed by atoms with van der Waals surface area (Å²) in [6.45, 7) is 3.81. The van der Waals surface area contributed by atoms with Gasteiger partial charge in [-0.1, -0.05) is 0 Å².